The van der Waals surface area contributed by atoms with E-state index in [1.54, 1.807) is 11.3 Å². The molecule has 0 bridgehead atoms. The molecule has 3 heterocycles. The topological polar surface area (TPSA) is 96.5 Å². The molecule has 1 unspecified atom stereocenters. The lowest BCUT2D eigenvalue weighted by Gasteiger charge is -2.32. The number of aliphatic carboxylic acids is 1. The van der Waals surface area contributed by atoms with E-state index in [0.717, 1.165) is 24.1 Å². The number of thiophene rings is 1. The highest BCUT2D eigenvalue weighted by Gasteiger charge is 2.59. The van der Waals surface area contributed by atoms with E-state index in [1.807, 2.05) is 22.4 Å². The highest BCUT2D eigenvalue weighted by atomic mass is 32.1. The first kappa shape index (κ1) is 16.3. The van der Waals surface area contributed by atoms with Crippen LogP contribution in [0.1, 0.15) is 31.6 Å². The maximum Gasteiger partial charge on any atom is 0.307 e. The van der Waals surface area contributed by atoms with Gasteiger partial charge in [-0.3, -0.25) is 9.59 Å². The summed E-state index contributed by atoms with van der Waals surface area (Å²) in [6.07, 6.45) is 3.10. The van der Waals surface area contributed by atoms with Crippen molar-refractivity contribution in [3.05, 3.63) is 23.4 Å². The minimum Gasteiger partial charge on any atom is -0.481 e. The van der Waals surface area contributed by atoms with Crippen LogP contribution in [0.3, 0.4) is 0 Å². The summed E-state index contributed by atoms with van der Waals surface area (Å²) in [5.41, 5.74) is -0.0509. The third-order valence-corrected chi connectivity index (χ3v) is 6.23. The molecule has 4 rings (SSSR count). The number of nitrogens with zero attached hydrogens (tertiary/aromatic N) is 3. The Bertz CT molecular complexity index is 778. The fourth-order valence-corrected chi connectivity index (χ4v) is 4.33. The number of piperidine rings is 1. The van der Waals surface area contributed by atoms with Crippen LogP contribution in [-0.4, -0.2) is 45.1 Å². The number of carbonyl (C=O) groups is 2. The first-order chi connectivity index (χ1) is 12.1. The molecule has 7 nitrogen and oxygen atoms in total. The number of amides is 1. The molecule has 0 radical (unpaired) electrons. The number of carboxylic acids is 1. The summed E-state index contributed by atoms with van der Waals surface area (Å²) >= 11 is 1.54. The van der Waals surface area contributed by atoms with Crippen molar-refractivity contribution in [1.82, 2.24) is 15.0 Å². The summed E-state index contributed by atoms with van der Waals surface area (Å²) in [7, 11) is 0. The second kappa shape index (κ2) is 6.25. The van der Waals surface area contributed by atoms with Crippen molar-refractivity contribution >= 4 is 23.2 Å². The molecule has 0 aromatic carbocycles. The Morgan fingerprint density at radius 1 is 1.40 bits per heavy atom. The number of carbonyl (C=O) groups excluding carboxylic acids is 1. The molecular formula is C17H19N3O4S. The molecule has 1 aliphatic carbocycles. The number of hydrogen-bond donors (Lipinski definition) is 1. The van der Waals surface area contributed by atoms with E-state index in [1.165, 1.54) is 0 Å². The number of hydrogen-bond acceptors (Lipinski definition) is 6. The summed E-state index contributed by atoms with van der Waals surface area (Å²) in [5, 5.41) is 15.0. The van der Waals surface area contributed by atoms with Gasteiger partial charge in [0.2, 0.25) is 17.6 Å². The van der Waals surface area contributed by atoms with E-state index in [2.05, 4.69) is 10.1 Å². The Labute approximate surface area is 148 Å². The van der Waals surface area contributed by atoms with Crippen molar-refractivity contribution in [2.75, 3.05) is 13.1 Å². The van der Waals surface area contributed by atoms with Gasteiger partial charge >= 0.3 is 5.97 Å². The number of aryl methyl sites for hydroxylation is 1. The SMILES string of the molecule is O=C(O)C1CC12CCN(C(=O)CCc1nc(-c3cccs3)no1)CC2. The largest absolute Gasteiger partial charge is 0.481 e. The van der Waals surface area contributed by atoms with E-state index >= 15 is 0 Å². The summed E-state index contributed by atoms with van der Waals surface area (Å²) in [6, 6.07) is 3.85. The Morgan fingerprint density at radius 3 is 2.84 bits per heavy atom. The van der Waals surface area contributed by atoms with Gasteiger partial charge in [0, 0.05) is 25.9 Å². The number of carboxylic acid groups (broad SMARTS) is 1. The minimum absolute atomic E-state index is 0.0509. The third-order valence-electron chi connectivity index (χ3n) is 5.36. The molecule has 1 N–H and O–H groups in total. The van der Waals surface area contributed by atoms with Gasteiger partial charge < -0.3 is 14.5 Å². The normalized spacial score (nSPS) is 21.4. The van der Waals surface area contributed by atoms with Gasteiger partial charge in [0.15, 0.2) is 0 Å². The zero-order chi connectivity index (χ0) is 17.4. The number of likely N-dealkylation sites (tertiary alicyclic amines) is 1. The van der Waals surface area contributed by atoms with Crippen LogP contribution in [0.4, 0.5) is 0 Å². The highest BCUT2D eigenvalue weighted by Crippen LogP contribution is 2.59. The van der Waals surface area contributed by atoms with E-state index < -0.39 is 5.97 Å². The highest BCUT2D eigenvalue weighted by molar-refractivity contribution is 7.13. The van der Waals surface area contributed by atoms with Crippen LogP contribution in [0.2, 0.25) is 0 Å². The lowest BCUT2D eigenvalue weighted by atomic mass is 9.90. The average Bonchev–Trinajstić information content (AvgIpc) is 3.02. The fourth-order valence-electron chi connectivity index (χ4n) is 3.69. The molecule has 1 saturated heterocycles. The maximum atomic E-state index is 12.4. The standard InChI is InChI=1S/C17H19N3O4S/c21-14(20-7-5-17(6-8-20)10-11(17)16(22)23)4-3-13-18-15(19-24-13)12-2-1-9-25-12/h1-2,9,11H,3-8,10H2,(H,22,23). The molecule has 1 atom stereocenters. The Balaban J connectivity index is 1.27. The summed E-state index contributed by atoms with van der Waals surface area (Å²) in [4.78, 5) is 30.6. The van der Waals surface area contributed by atoms with Crippen molar-refractivity contribution in [2.24, 2.45) is 11.3 Å². The molecule has 1 spiro atoms. The number of rotatable bonds is 5. The zero-order valence-corrected chi connectivity index (χ0v) is 14.5. The second-order valence-electron chi connectivity index (χ2n) is 6.83. The van der Waals surface area contributed by atoms with Gasteiger partial charge in [-0.25, -0.2) is 0 Å². The Kier molecular flexibility index (Phi) is 4.07. The van der Waals surface area contributed by atoms with Crippen LogP contribution in [0.5, 0.6) is 0 Å². The van der Waals surface area contributed by atoms with Crippen LogP contribution < -0.4 is 0 Å². The lowest BCUT2D eigenvalue weighted by molar-refractivity contribution is -0.139. The van der Waals surface area contributed by atoms with E-state index in [4.69, 9.17) is 9.63 Å². The Morgan fingerprint density at radius 2 is 2.20 bits per heavy atom. The fraction of sp³-hybridized carbons (Fsp3) is 0.529. The van der Waals surface area contributed by atoms with Crippen LogP contribution in [-0.2, 0) is 16.0 Å². The molecule has 2 aromatic rings. The van der Waals surface area contributed by atoms with Crippen molar-refractivity contribution < 1.29 is 19.2 Å². The molecular weight excluding hydrogens is 342 g/mol. The summed E-state index contributed by atoms with van der Waals surface area (Å²) in [5.74, 6) is 0.193. The van der Waals surface area contributed by atoms with Crippen LogP contribution >= 0.6 is 11.3 Å². The maximum absolute atomic E-state index is 12.4. The molecule has 2 aliphatic rings. The first-order valence-corrected chi connectivity index (χ1v) is 9.32. The minimum atomic E-state index is -0.697. The molecule has 132 valence electrons. The first-order valence-electron chi connectivity index (χ1n) is 8.44. The van der Waals surface area contributed by atoms with E-state index in [0.29, 0.717) is 37.6 Å². The van der Waals surface area contributed by atoms with Gasteiger partial charge in [0.25, 0.3) is 0 Å². The molecule has 8 heteroatoms. The van der Waals surface area contributed by atoms with Gasteiger partial charge in [0.05, 0.1) is 10.8 Å². The lowest BCUT2D eigenvalue weighted by Crippen LogP contribution is -2.40. The molecule has 1 amide bonds. The van der Waals surface area contributed by atoms with Crippen molar-refractivity contribution in [3.63, 3.8) is 0 Å². The van der Waals surface area contributed by atoms with Crippen molar-refractivity contribution in [1.29, 1.82) is 0 Å². The molecule has 1 saturated carbocycles. The van der Waals surface area contributed by atoms with Gasteiger partial charge in [0.1, 0.15) is 0 Å². The molecule has 25 heavy (non-hydrogen) atoms. The molecule has 1 aliphatic heterocycles. The van der Waals surface area contributed by atoms with E-state index in [-0.39, 0.29) is 17.2 Å². The predicted molar refractivity (Wildman–Crippen MR) is 89.9 cm³/mol. The van der Waals surface area contributed by atoms with Gasteiger partial charge in [-0.15, -0.1) is 11.3 Å². The van der Waals surface area contributed by atoms with Crippen LogP contribution in [0, 0.1) is 11.3 Å². The molecule has 2 fully saturated rings. The second-order valence-corrected chi connectivity index (χ2v) is 7.77. The smallest absolute Gasteiger partial charge is 0.307 e. The van der Waals surface area contributed by atoms with Crippen LogP contribution in [0.15, 0.2) is 22.0 Å². The summed E-state index contributed by atoms with van der Waals surface area (Å²) < 4.78 is 5.22. The van der Waals surface area contributed by atoms with Gasteiger partial charge in [-0.05, 0) is 36.1 Å². The van der Waals surface area contributed by atoms with Gasteiger partial charge in [-0.1, -0.05) is 11.2 Å². The van der Waals surface area contributed by atoms with Crippen molar-refractivity contribution in [3.8, 4) is 10.7 Å². The van der Waals surface area contributed by atoms with E-state index in [9.17, 15) is 9.59 Å². The monoisotopic (exact) mass is 361 g/mol. The third kappa shape index (κ3) is 3.18. The number of aromatic nitrogens is 2. The molecule has 2 aromatic heterocycles. The Hall–Kier alpha value is -2.22. The van der Waals surface area contributed by atoms with Crippen molar-refractivity contribution in [2.45, 2.75) is 32.1 Å². The quantitative estimate of drug-likeness (QED) is 0.879. The van der Waals surface area contributed by atoms with Gasteiger partial charge in [-0.2, -0.15) is 4.98 Å². The predicted octanol–water partition coefficient (Wildman–Crippen LogP) is 2.44. The average molecular weight is 361 g/mol. The zero-order valence-electron chi connectivity index (χ0n) is 13.7. The summed E-state index contributed by atoms with van der Waals surface area (Å²) in [6.45, 7) is 1.29. The van der Waals surface area contributed by atoms with Crippen LogP contribution in [0.25, 0.3) is 10.7 Å².